The third kappa shape index (κ3) is 4.53. The molecule has 0 bridgehead atoms. The molecule has 6 nitrogen and oxygen atoms in total. The SMILES string of the molecule is CCC12CCC3c4ccc(OS(=O)(=O)NC(=O)C(F)(F)C(F)(F)C(F)(F)C(F)(F)F)cc4CCC3C1CCC2=O. The van der Waals surface area contributed by atoms with E-state index in [9.17, 15) is 57.5 Å². The van der Waals surface area contributed by atoms with Gasteiger partial charge >= 0.3 is 40.2 Å². The minimum Gasteiger partial charge on any atom is -0.367 e. The van der Waals surface area contributed by atoms with Crippen molar-refractivity contribution in [3.63, 3.8) is 0 Å². The van der Waals surface area contributed by atoms with Crippen LogP contribution in [0.4, 0.5) is 39.5 Å². The lowest BCUT2D eigenvalue weighted by Gasteiger charge is -2.49. The number of hydrogen-bond acceptors (Lipinski definition) is 5. The van der Waals surface area contributed by atoms with Gasteiger partial charge in [-0.3, -0.25) is 9.59 Å². The van der Waals surface area contributed by atoms with E-state index in [1.54, 1.807) is 0 Å². The molecule has 224 valence electrons. The molecule has 2 saturated carbocycles. The first-order chi connectivity index (χ1) is 18.2. The molecule has 0 spiro atoms. The number of carbonyl (C=O) groups is 2. The summed E-state index contributed by atoms with van der Waals surface area (Å²) in [4.78, 5) is 24.2. The summed E-state index contributed by atoms with van der Waals surface area (Å²) in [5.41, 5.74) is 1.13. The number of aryl methyl sites for hydroxylation is 1. The smallest absolute Gasteiger partial charge is 0.367 e. The van der Waals surface area contributed by atoms with E-state index in [4.69, 9.17) is 0 Å². The Kier molecular flexibility index (Phi) is 7.24. The standard InChI is InChI=1S/C24H24F9NO5S/c1-2-20-10-9-15-14-6-4-13(11-12(14)3-5-16(15)17(20)7-8-18(20)35)39-40(37,38)34-19(36)21(25,26)22(27,28)23(29,30)24(31,32)33/h4,6,11,15-17H,2-3,5,7-10H2,1H3,(H,34,36). The van der Waals surface area contributed by atoms with E-state index in [1.807, 2.05) is 6.92 Å². The van der Waals surface area contributed by atoms with Crippen molar-refractivity contribution < 1.29 is 61.7 Å². The second kappa shape index (κ2) is 9.51. The summed E-state index contributed by atoms with van der Waals surface area (Å²) in [5, 5.41) is 0. The average molecular weight is 610 g/mol. The zero-order valence-corrected chi connectivity index (χ0v) is 21.6. The first-order valence-electron chi connectivity index (χ1n) is 12.3. The second-order valence-corrected chi connectivity index (χ2v) is 11.8. The zero-order valence-electron chi connectivity index (χ0n) is 20.8. The Morgan fingerprint density at radius 3 is 2.25 bits per heavy atom. The van der Waals surface area contributed by atoms with Crippen LogP contribution in [-0.4, -0.2) is 44.1 Å². The number of halogens is 9. The third-order valence-electron chi connectivity index (χ3n) is 8.63. The molecule has 0 aliphatic heterocycles. The molecular formula is C24H24F9NO5S. The fourth-order valence-corrected chi connectivity index (χ4v) is 7.43. The van der Waals surface area contributed by atoms with Crippen LogP contribution < -0.4 is 8.91 Å². The van der Waals surface area contributed by atoms with E-state index < -0.39 is 45.9 Å². The van der Waals surface area contributed by atoms with Crippen molar-refractivity contribution >= 4 is 22.0 Å². The summed E-state index contributed by atoms with van der Waals surface area (Å²) in [7, 11) is -5.71. The largest absolute Gasteiger partial charge is 0.460 e. The van der Waals surface area contributed by atoms with Gasteiger partial charge in [0, 0.05) is 11.8 Å². The molecule has 0 radical (unpaired) electrons. The van der Waals surface area contributed by atoms with E-state index in [0.29, 0.717) is 37.7 Å². The molecular weight excluding hydrogens is 585 g/mol. The quantitative estimate of drug-likeness (QED) is 0.400. The monoisotopic (exact) mass is 609 g/mol. The molecule has 1 aromatic carbocycles. The van der Waals surface area contributed by atoms with Crippen LogP contribution in [-0.2, 0) is 26.3 Å². The van der Waals surface area contributed by atoms with Gasteiger partial charge < -0.3 is 4.18 Å². The molecule has 1 amide bonds. The van der Waals surface area contributed by atoms with E-state index in [-0.39, 0.29) is 33.7 Å². The molecule has 1 aromatic rings. The lowest BCUT2D eigenvalue weighted by atomic mass is 9.54. The molecule has 0 saturated heterocycles. The highest BCUT2D eigenvalue weighted by molar-refractivity contribution is 7.85. The number of hydrogen-bond donors (Lipinski definition) is 1. The van der Waals surface area contributed by atoms with Crippen LogP contribution in [0.1, 0.15) is 62.5 Å². The molecule has 16 heteroatoms. The zero-order chi connectivity index (χ0) is 30.1. The van der Waals surface area contributed by atoms with Gasteiger partial charge in [-0.25, -0.2) is 4.72 Å². The summed E-state index contributed by atoms with van der Waals surface area (Å²) < 4.78 is 146. The highest BCUT2D eigenvalue weighted by Crippen LogP contribution is 2.61. The maximum Gasteiger partial charge on any atom is 0.460 e. The molecule has 2 fully saturated rings. The van der Waals surface area contributed by atoms with Gasteiger partial charge in [0.1, 0.15) is 11.5 Å². The summed E-state index contributed by atoms with van der Waals surface area (Å²) in [6.07, 6.45) is -2.65. The van der Waals surface area contributed by atoms with E-state index >= 15 is 0 Å². The number of ketones is 1. The maximum absolute atomic E-state index is 13.8. The first kappa shape index (κ1) is 30.4. The Morgan fingerprint density at radius 1 is 1.00 bits per heavy atom. The van der Waals surface area contributed by atoms with Crippen LogP contribution >= 0.6 is 0 Å². The fourth-order valence-electron chi connectivity index (χ4n) is 6.68. The van der Waals surface area contributed by atoms with Crippen LogP contribution in [0.3, 0.4) is 0 Å². The van der Waals surface area contributed by atoms with Crippen molar-refractivity contribution in [2.75, 3.05) is 0 Å². The second-order valence-electron chi connectivity index (χ2n) is 10.5. The lowest BCUT2D eigenvalue weighted by Crippen LogP contribution is -2.65. The van der Waals surface area contributed by atoms with Crippen LogP contribution in [0, 0.1) is 17.3 Å². The van der Waals surface area contributed by atoms with Gasteiger partial charge in [-0.15, -0.1) is 0 Å². The Hall–Kier alpha value is -2.52. The van der Waals surface area contributed by atoms with Crippen molar-refractivity contribution in [1.29, 1.82) is 0 Å². The van der Waals surface area contributed by atoms with Crippen LogP contribution in [0.25, 0.3) is 0 Å². The first-order valence-corrected chi connectivity index (χ1v) is 13.8. The molecule has 0 heterocycles. The minimum atomic E-state index is -7.37. The normalized spacial score (nSPS) is 27.4. The Labute approximate surface area is 222 Å². The highest BCUT2D eigenvalue weighted by Gasteiger charge is 2.84. The molecule has 4 atom stereocenters. The number of carbonyl (C=O) groups excluding carboxylic acids is 2. The van der Waals surface area contributed by atoms with Crippen LogP contribution in [0.5, 0.6) is 5.75 Å². The van der Waals surface area contributed by atoms with Gasteiger partial charge in [0.2, 0.25) is 0 Å². The van der Waals surface area contributed by atoms with Crippen molar-refractivity contribution in [1.82, 2.24) is 4.72 Å². The summed E-state index contributed by atoms with van der Waals surface area (Å²) in [6, 6.07) is 3.85. The molecule has 4 unspecified atom stereocenters. The molecule has 3 aliphatic carbocycles. The molecule has 0 aromatic heterocycles. The van der Waals surface area contributed by atoms with Crippen molar-refractivity contribution in [3.8, 4) is 5.75 Å². The van der Waals surface area contributed by atoms with Gasteiger partial charge in [-0.2, -0.15) is 47.9 Å². The molecule has 3 aliphatic rings. The third-order valence-corrected chi connectivity index (χ3v) is 9.48. The van der Waals surface area contributed by atoms with Crippen molar-refractivity contribution in [2.24, 2.45) is 17.3 Å². The predicted molar refractivity (Wildman–Crippen MR) is 119 cm³/mol. The number of rotatable bonds is 7. The van der Waals surface area contributed by atoms with Gasteiger partial charge in [0.05, 0.1) is 0 Å². The lowest BCUT2D eigenvalue weighted by molar-refractivity contribution is -0.388. The van der Waals surface area contributed by atoms with Gasteiger partial charge in [-0.1, -0.05) is 13.0 Å². The maximum atomic E-state index is 13.8. The van der Waals surface area contributed by atoms with Crippen LogP contribution in [0.2, 0.25) is 0 Å². The van der Waals surface area contributed by atoms with E-state index in [1.165, 1.54) is 12.1 Å². The minimum absolute atomic E-state index is 0.0564. The average Bonchev–Trinajstić information content (AvgIpc) is 3.18. The topological polar surface area (TPSA) is 89.5 Å². The van der Waals surface area contributed by atoms with Crippen LogP contribution in [0.15, 0.2) is 18.2 Å². The number of fused-ring (bicyclic) bond motifs is 5. The number of Topliss-reactive ketones (excluding diaryl/α,β-unsaturated/α-hetero) is 1. The molecule has 1 N–H and O–H groups in total. The van der Waals surface area contributed by atoms with Crippen molar-refractivity contribution in [3.05, 3.63) is 29.3 Å². The predicted octanol–water partition coefficient (Wildman–Crippen LogP) is 5.71. The van der Waals surface area contributed by atoms with Gasteiger partial charge in [0.25, 0.3) is 0 Å². The van der Waals surface area contributed by atoms with Gasteiger partial charge in [0.15, 0.2) is 0 Å². The van der Waals surface area contributed by atoms with Crippen molar-refractivity contribution in [2.45, 2.75) is 81.7 Å². The highest BCUT2D eigenvalue weighted by atomic mass is 32.2. The number of alkyl halides is 9. The summed E-state index contributed by atoms with van der Waals surface area (Å²) >= 11 is 0. The fraction of sp³-hybridized carbons (Fsp3) is 0.667. The molecule has 4 rings (SSSR count). The Bertz CT molecular complexity index is 1310. The van der Waals surface area contributed by atoms with E-state index in [2.05, 4.69) is 4.18 Å². The number of nitrogens with one attached hydrogen (secondary N) is 1. The van der Waals surface area contributed by atoms with Gasteiger partial charge in [-0.05, 0) is 79.5 Å². The van der Waals surface area contributed by atoms with E-state index in [0.717, 1.165) is 24.5 Å². The number of amides is 1. The summed E-state index contributed by atoms with van der Waals surface area (Å²) in [6.45, 7) is 2.00. The number of benzene rings is 1. The Morgan fingerprint density at radius 2 is 1.65 bits per heavy atom. The Balaban J connectivity index is 1.50. The molecule has 40 heavy (non-hydrogen) atoms. The summed E-state index contributed by atoms with van der Waals surface area (Å²) in [5.74, 6) is -25.0.